The van der Waals surface area contributed by atoms with Gasteiger partial charge in [-0.3, -0.25) is 0 Å². The van der Waals surface area contributed by atoms with Gasteiger partial charge in [0.2, 0.25) is 11.5 Å². The Bertz CT molecular complexity index is 1610. The number of hydrogen-bond donors (Lipinski definition) is 8. The second kappa shape index (κ2) is 18.6. The minimum absolute atomic E-state index is 0.0552. The van der Waals surface area contributed by atoms with Crippen LogP contribution in [0.2, 0.25) is 0 Å². The van der Waals surface area contributed by atoms with Crippen LogP contribution in [0.3, 0.4) is 0 Å². The topological polar surface area (TPSA) is 279 Å². The van der Waals surface area contributed by atoms with Crippen LogP contribution in [0.4, 0.5) is 0 Å². The molecule has 0 saturated carbocycles. The van der Waals surface area contributed by atoms with Gasteiger partial charge in [0.1, 0.15) is 43.2 Å². The van der Waals surface area contributed by atoms with Gasteiger partial charge >= 0.3 is 11.9 Å². The molecule has 298 valence electrons. The summed E-state index contributed by atoms with van der Waals surface area (Å²) in [6, 6.07) is 5.67. The quantitative estimate of drug-likeness (QED) is 0.0722. The number of benzene rings is 2. The van der Waals surface area contributed by atoms with Crippen molar-refractivity contribution < 1.29 is 93.1 Å². The summed E-state index contributed by atoms with van der Waals surface area (Å²) in [4.78, 5) is 25.4. The summed E-state index contributed by atoms with van der Waals surface area (Å²) in [5, 5.41) is 83.1. The van der Waals surface area contributed by atoms with Crippen LogP contribution in [0.5, 0.6) is 34.5 Å². The predicted octanol–water partition coefficient (Wildman–Crippen LogP) is -1.38. The summed E-state index contributed by atoms with van der Waals surface area (Å²) in [5.41, 5.74) is -1.29. The van der Waals surface area contributed by atoms with E-state index in [1.807, 2.05) is 0 Å². The zero-order chi connectivity index (χ0) is 39.7. The Hall–Kier alpha value is -4.70. The van der Waals surface area contributed by atoms with Gasteiger partial charge in [-0.25, -0.2) is 9.59 Å². The fourth-order valence-electron chi connectivity index (χ4n) is 5.70. The van der Waals surface area contributed by atoms with Crippen LogP contribution < -0.4 is 18.9 Å². The van der Waals surface area contributed by atoms with Crippen LogP contribution >= 0.6 is 0 Å². The molecule has 2 fully saturated rings. The molecule has 2 aromatic carbocycles. The second-order valence-electron chi connectivity index (χ2n) is 12.1. The lowest BCUT2D eigenvalue weighted by Crippen LogP contribution is -2.61. The fourth-order valence-corrected chi connectivity index (χ4v) is 5.70. The first-order valence-corrected chi connectivity index (χ1v) is 16.3. The summed E-state index contributed by atoms with van der Waals surface area (Å²) in [5.74, 6) is -2.16. The molecule has 8 N–H and O–H groups in total. The van der Waals surface area contributed by atoms with Gasteiger partial charge in [0.25, 0.3) is 0 Å². The highest BCUT2D eigenvalue weighted by Gasteiger charge is 2.58. The third-order valence-corrected chi connectivity index (χ3v) is 8.66. The van der Waals surface area contributed by atoms with Gasteiger partial charge in [0.15, 0.2) is 41.0 Å². The molecule has 0 radical (unpaired) electrons. The average molecular weight is 769 g/mol. The Labute approximate surface area is 308 Å². The highest BCUT2D eigenvalue weighted by atomic mass is 16.7. The molecule has 19 heteroatoms. The highest BCUT2D eigenvalue weighted by molar-refractivity contribution is 5.88. The van der Waals surface area contributed by atoms with E-state index in [4.69, 9.17) is 42.6 Å². The van der Waals surface area contributed by atoms with Crippen molar-refractivity contribution in [2.45, 2.75) is 54.6 Å². The maximum absolute atomic E-state index is 12.9. The lowest BCUT2D eigenvalue weighted by Gasteiger charge is -2.41. The number of rotatable bonds is 16. The van der Waals surface area contributed by atoms with Gasteiger partial charge in [-0.2, -0.15) is 0 Å². The summed E-state index contributed by atoms with van der Waals surface area (Å²) < 4.78 is 47.9. The third-order valence-electron chi connectivity index (χ3n) is 8.66. The van der Waals surface area contributed by atoms with Crippen molar-refractivity contribution in [2.24, 2.45) is 0 Å². The van der Waals surface area contributed by atoms with Gasteiger partial charge in [0, 0.05) is 12.2 Å². The van der Waals surface area contributed by atoms with E-state index >= 15 is 0 Å². The molecule has 0 aromatic heterocycles. The minimum atomic E-state index is -2.04. The smallest absolute Gasteiger partial charge is 0.331 e. The highest BCUT2D eigenvalue weighted by Crippen LogP contribution is 2.39. The van der Waals surface area contributed by atoms with E-state index in [-0.39, 0.29) is 34.5 Å². The van der Waals surface area contributed by atoms with E-state index in [9.17, 15) is 50.4 Å². The molecule has 54 heavy (non-hydrogen) atoms. The molecule has 2 heterocycles. The van der Waals surface area contributed by atoms with Crippen LogP contribution in [0.25, 0.3) is 12.2 Å². The van der Waals surface area contributed by atoms with Crippen LogP contribution in [-0.4, -0.2) is 162 Å². The van der Waals surface area contributed by atoms with Crippen molar-refractivity contribution in [2.75, 3.05) is 54.9 Å². The SMILES string of the molecule is COc1cc(/C=C/C(=O)OC[C@H]2O[C@H](OC[C@]3(CO)O[C@H](CO)[C@@H](O)[C@@H]3OC(=O)/C=C/c3cc(OC)c(O)c(OC)c3)[C@H](O)[C@@H](O)[C@@H]2O)cc(OC)c1O. The number of carbonyl (C=O) groups is 2. The zero-order valence-electron chi connectivity index (χ0n) is 29.6. The Kier molecular flexibility index (Phi) is 14.5. The zero-order valence-corrected chi connectivity index (χ0v) is 29.6. The molecule has 2 saturated heterocycles. The standard InChI is InChI=1S/C35H44O19/c1-46-19-9-17(10-20(47-2)27(19)40)5-7-25(38)50-14-24-29(42)31(44)32(45)34(52-24)51-16-35(15-37)33(30(43)23(13-36)54-35)53-26(39)8-6-18-11-21(48-3)28(41)22(12-18)49-4/h5-12,23-24,29-34,36-37,40-45H,13-16H2,1-4H3/b7-5+,8-6+/t23-,24-,29-,30-,31+,32-,33+,34+,35+/m1/s1. The van der Waals surface area contributed by atoms with Crippen molar-refractivity contribution in [3.05, 3.63) is 47.5 Å². The van der Waals surface area contributed by atoms with E-state index in [0.717, 1.165) is 12.2 Å². The Balaban J connectivity index is 1.43. The number of aromatic hydroxyl groups is 2. The molecule has 0 unspecified atom stereocenters. The van der Waals surface area contributed by atoms with Gasteiger partial charge in [-0.1, -0.05) is 0 Å². The average Bonchev–Trinajstić information content (AvgIpc) is 3.44. The van der Waals surface area contributed by atoms with Gasteiger partial charge in [-0.05, 0) is 47.5 Å². The maximum atomic E-state index is 12.9. The number of phenolic OH excluding ortho intramolecular Hbond substituents is 2. The van der Waals surface area contributed by atoms with Gasteiger partial charge in [0.05, 0.1) is 48.3 Å². The molecule has 2 aliphatic rings. The van der Waals surface area contributed by atoms with Crippen LogP contribution in [-0.2, 0) is 33.3 Å². The summed E-state index contributed by atoms with van der Waals surface area (Å²) >= 11 is 0. The predicted molar refractivity (Wildman–Crippen MR) is 182 cm³/mol. The summed E-state index contributed by atoms with van der Waals surface area (Å²) in [6.07, 6.45) is -8.77. The van der Waals surface area contributed by atoms with E-state index in [1.165, 1.54) is 64.9 Å². The lowest BCUT2D eigenvalue weighted by molar-refractivity contribution is -0.313. The Morgan fingerprint density at radius 1 is 0.722 bits per heavy atom. The van der Waals surface area contributed by atoms with Crippen molar-refractivity contribution in [1.82, 2.24) is 0 Å². The summed E-state index contributed by atoms with van der Waals surface area (Å²) in [7, 11) is 5.30. The Morgan fingerprint density at radius 3 is 1.69 bits per heavy atom. The van der Waals surface area contributed by atoms with E-state index in [1.54, 1.807) is 0 Å². The second-order valence-corrected chi connectivity index (χ2v) is 12.1. The van der Waals surface area contributed by atoms with Crippen LogP contribution in [0.1, 0.15) is 11.1 Å². The molecule has 2 aromatic rings. The molecule has 4 rings (SSSR count). The van der Waals surface area contributed by atoms with Gasteiger partial charge < -0.3 is 83.5 Å². The third kappa shape index (κ3) is 9.32. The molecule has 19 nitrogen and oxygen atoms in total. The van der Waals surface area contributed by atoms with Gasteiger partial charge in [-0.15, -0.1) is 0 Å². The first-order valence-electron chi connectivity index (χ1n) is 16.3. The number of phenols is 2. The molecular formula is C35H44O19. The molecular weight excluding hydrogens is 724 g/mol. The normalized spacial score (nSPS) is 28.3. The van der Waals surface area contributed by atoms with Crippen molar-refractivity contribution in [3.8, 4) is 34.5 Å². The monoisotopic (exact) mass is 768 g/mol. The first kappa shape index (κ1) is 42.0. The first-order chi connectivity index (χ1) is 25.8. The number of carbonyl (C=O) groups excluding carboxylic acids is 2. The minimum Gasteiger partial charge on any atom is -0.502 e. The number of esters is 2. The van der Waals surface area contributed by atoms with E-state index < -0.39 is 93.0 Å². The van der Waals surface area contributed by atoms with E-state index in [2.05, 4.69) is 0 Å². The Morgan fingerprint density at radius 2 is 1.22 bits per heavy atom. The molecule has 0 amide bonds. The maximum Gasteiger partial charge on any atom is 0.331 e. The number of methoxy groups -OCH3 is 4. The lowest BCUT2D eigenvalue weighted by atomic mass is 9.95. The number of hydrogen-bond acceptors (Lipinski definition) is 19. The van der Waals surface area contributed by atoms with Crippen LogP contribution in [0.15, 0.2) is 36.4 Å². The molecule has 0 aliphatic carbocycles. The fraction of sp³-hybridized carbons (Fsp3) is 0.486. The number of aliphatic hydroxyl groups is 6. The van der Waals surface area contributed by atoms with E-state index in [0.29, 0.717) is 11.1 Å². The largest absolute Gasteiger partial charge is 0.502 e. The molecule has 0 spiro atoms. The van der Waals surface area contributed by atoms with Crippen molar-refractivity contribution in [1.29, 1.82) is 0 Å². The molecule has 0 bridgehead atoms. The summed E-state index contributed by atoms with van der Waals surface area (Å²) in [6.45, 7) is -3.10. The van der Waals surface area contributed by atoms with Crippen molar-refractivity contribution >= 4 is 24.1 Å². The van der Waals surface area contributed by atoms with Crippen molar-refractivity contribution in [3.63, 3.8) is 0 Å². The molecule has 9 atom stereocenters. The number of aliphatic hydroxyl groups excluding tert-OH is 6. The molecule has 2 aliphatic heterocycles. The number of ether oxygens (including phenoxy) is 9. The van der Waals surface area contributed by atoms with Crippen LogP contribution in [0, 0.1) is 0 Å².